The highest BCUT2D eigenvalue weighted by molar-refractivity contribution is 7.89. The molecule has 0 amide bonds. The van der Waals surface area contributed by atoms with Gasteiger partial charge in [-0.2, -0.15) is 0 Å². The van der Waals surface area contributed by atoms with Crippen molar-refractivity contribution in [2.24, 2.45) is 0 Å². The maximum absolute atomic E-state index is 11.1. The Morgan fingerprint density at radius 2 is 2.00 bits per heavy atom. The molecule has 0 unspecified atom stereocenters. The number of carboxylic acids is 1. The molecule has 6 heteroatoms. The molecule has 0 aliphatic rings. The van der Waals surface area contributed by atoms with Crippen LogP contribution in [0.4, 0.5) is 0 Å². The smallest absolute Gasteiger partial charge is 0.303 e. The number of rotatable bonds is 8. The van der Waals surface area contributed by atoms with Gasteiger partial charge in [-0.25, -0.2) is 13.1 Å². The SMILES string of the molecule is CCCS(=O)(=O)NCCCCC(=O)O. The summed E-state index contributed by atoms with van der Waals surface area (Å²) < 4.78 is 24.6. The summed E-state index contributed by atoms with van der Waals surface area (Å²) in [5, 5.41) is 8.32. The van der Waals surface area contributed by atoms with Crippen LogP contribution >= 0.6 is 0 Å². The highest BCUT2D eigenvalue weighted by Crippen LogP contribution is 1.95. The van der Waals surface area contributed by atoms with E-state index in [4.69, 9.17) is 5.11 Å². The first-order valence-corrected chi connectivity index (χ1v) is 6.32. The Hall–Kier alpha value is -0.620. The van der Waals surface area contributed by atoms with Crippen LogP contribution in [0, 0.1) is 0 Å². The molecular formula is C8H17NO4S. The van der Waals surface area contributed by atoms with Crippen molar-refractivity contribution in [3.8, 4) is 0 Å². The molecule has 14 heavy (non-hydrogen) atoms. The number of unbranched alkanes of at least 4 members (excludes halogenated alkanes) is 1. The van der Waals surface area contributed by atoms with E-state index in [0.29, 0.717) is 25.8 Å². The standard InChI is InChI=1S/C8H17NO4S/c1-2-7-14(12,13)9-6-4-3-5-8(10)11/h9H,2-7H2,1H3,(H,10,11). The van der Waals surface area contributed by atoms with Crippen LogP contribution < -0.4 is 4.72 Å². The number of carbonyl (C=O) groups is 1. The summed E-state index contributed by atoms with van der Waals surface area (Å²) in [6, 6.07) is 0. The number of carboxylic acid groups (broad SMARTS) is 1. The first-order valence-electron chi connectivity index (χ1n) is 4.67. The number of nitrogens with one attached hydrogen (secondary N) is 1. The zero-order valence-corrected chi connectivity index (χ0v) is 9.14. The Balaban J connectivity index is 3.49. The summed E-state index contributed by atoms with van der Waals surface area (Å²) in [5.74, 6) is -0.715. The van der Waals surface area contributed by atoms with Crippen LogP contribution in [0.5, 0.6) is 0 Å². The normalized spacial score (nSPS) is 11.5. The zero-order chi connectivity index (χ0) is 11.0. The molecule has 0 saturated carbocycles. The summed E-state index contributed by atoms with van der Waals surface area (Å²) in [6.07, 6.45) is 1.75. The van der Waals surface area contributed by atoms with Crippen molar-refractivity contribution in [2.75, 3.05) is 12.3 Å². The maximum atomic E-state index is 11.1. The minimum atomic E-state index is -3.13. The van der Waals surface area contributed by atoms with E-state index in [1.54, 1.807) is 6.92 Å². The lowest BCUT2D eigenvalue weighted by Crippen LogP contribution is -2.27. The summed E-state index contributed by atoms with van der Waals surface area (Å²) in [5.41, 5.74) is 0. The van der Waals surface area contributed by atoms with E-state index >= 15 is 0 Å². The molecule has 0 aromatic rings. The molecule has 84 valence electrons. The molecule has 0 radical (unpaired) electrons. The number of hydrogen-bond donors (Lipinski definition) is 2. The minimum absolute atomic E-state index is 0.0928. The van der Waals surface area contributed by atoms with Gasteiger partial charge in [0.15, 0.2) is 0 Å². The Morgan fingerprint density at radius 3 is 2.50 bits per heavy atom. The topological polar surface area (TPSA) is 83.5 Å². The van der Waals surface area contributed by atoms with Crippen LogP contribution in [-0.2, 0) is 14.8 Å². The van der Waals surface area contributed by atoms with Gasteiger partial charge in [-0.15, -0.1) is 0 Å². The Labute approximate surface area is 84.6 Å². The largest absolute Gasteiger partial charge is 0.481 e. The minimum Gasteiger partial charge on any atom is -0.481 e. The van der Waals surface area contributed by atoms with E-state index in [1.807, 2.05) is 0 Å². The monoisotopic (exact) mass is 223 g/mol. The molecular weight excluding hydrogens is 206 g/mol. The van der Waals surface area contributed by atoms with E-state index in [0.717, 1.165) is 0 Å². The van der Waals surface area contributed by atoms with Gasteiger partial charge in [-0.05, 0) is 19.3 Å². The first kappa shape index (κ1) is 13.4. The van der Waals surface area contributed by atoms with Gasteiger partial charge in [0.2, 0.25) is 10.0 Å². The predicted molar refractivity (Wildman–Crippen MR) is 53.6 cm³/mol. The van der Waals surface area contributed by atoms with Crippen LogP contribution in [0.15, 0.2) is 0 Å². The molecule has 0 spiro atoms. The van der Waals surface area contributed by atoms with E-state index in [-0.39, 0.29) is 12.2 Å². The quantitative estimate of drug-likeness (QED) is 0.589. The van der Waals surface area contributed by atoms with Gasteiger partial charge in [0.05, 0.1) is 5.75 Å². The first-order chi connectivity index (χ1) is 6.48. The summed E-state index contributed by atoms with van der Waals surface area (Å²) in [7, 11) is -3.13. The molecule has 0 aromatic heterocycles. The molecule has 0 aromatic carbocycles. The van der Waals surface area contributed by atoms with Crippen molar-refractivity contribution < 1.29 is 18.3 Å². The van der Waals surface area contributed by atoms with Gasteiger partial charge in [0.1, 0.15) is 0 Å². The van der Waals surface area contributed by atoms with E-state index in [9.17, 15) is 13.2 Å². The third-order valence-corrected chi connectivity index (χ3v) is 3.20. The van der Waals surface area contributed by atoms with Crippen molar-refractivity contribution >= 4 is 16.0 Å². The lowest BCUT2D eigenvalue weighted by Gasteiger charge is -2.04. The van der Waals surface area contributed by atoms with Gasteiger partial charge in [0, 0.05) is 13.0 Å². The molecule has 2 N–H and O–H groups in total. The predicted octanol–water partition coefficient (Wildman–Crippen LogP) is 0.571. The second-order valence-corrected chi connectivity index (χ2v) is 4.99. The van der Waals surface area contributed by atoms with E-state index in [1.165, 1.54) is 0 Å². The maximum Gasteiger partial charge on any atom is 0.303 e. The van der Waals surface area contributed by atoms with Crippen LogP contribution in [0.25, 0.3) is 0 Å². The average molecular weight is 223 g/mol. The summed E-state index contributed by atoms with van der Waals surface area (Å²) in [6.45, 7) is 2.12. The molecule has 0 bridgehead atoms. The van der Waals surface area contributed by atoms with Crippen LogP contribution in [0.2, 0.25) is 0 Å². The molecule has 0 atom stereocenters. The van der Waals surface area contributed by atoms with Crippen molar-refractivity contribution in [3.63, 3.8) is 0 Å². The fraction of sp³-hybridized carbons (Fsp3) is 0.875. The fourth-order valence-electron chi connectivity index (χ4n) is 0.970. The van der Waals surface area contributed by atoms with E-state index in [2.05, 4.69) is 4.72 Å². The lowest BCUT2D eigenvalue weighted by atomic mass is 10.2. The Kier molecular flexibility index (Phi) is 6.48. The van der Waals surface area contributed by atoms with Crippen LogP contribution in [0.1, 0.15) is 32.6 Å². The second kappa shape index (κ2) is 6.78. The molecule has 0 aliphatic carbocycles. The molecule has 0 rings (SSSR count). The van der Waals surface area contributed by atoms with Crippen molar-refractivity contribution in [1.82, 2.24) is 4.72 Å². The van der Waals surface area contributed by atoms with Crippen molar-refractivity contribution in [3.05, 3.63) is 0 Å². The number of aliphatic carboxylic acids is 1. The summed E-state index contributed by atoms with van der Waals surface area (Å²) in [4.78, 5) is 10.1. The van der Waals surface area contributed by atoms with Gasteiger partial charge < -0.3 is 5.11 Å². The molecule has 5 nitrogen and oxygen atoms in total. The molecule has 0 fully saturated rings. The highest BCUT2D eigenvalue weighted by atomic mass is 32.2. The van der Waals surface area contributed by atoms with Gasteiger partial charge in [-0.1, -0.05) is 6.92 Å². The third-order valence-electron chi connectivity index (χ3n) is 1.61. The molecule has 0 heterocycles. The van der Waals surface area contributed by atoms with Gasteiger partial charge >= 0.3 is 5.97 Å². The number of sulfonamides is 1. The van der Waals surface area contributed by atoms with Crippen LogP contribution in [-0.4, -0.2) is 31.8 Å². The fourth-order valence-corrected chi connectivity index (χ4v) is 2.11. The third kappa shape index (κ3) is 8.00. The van der Waals surface area contributed by atoms with Crippen molar-refractivity contribution in [2.45, 2.75) is 32.6 Å². The van der Waals surface area contributed by atoms with Gasteiger partial charge in [0.25, 0.3) is 0 Å². The Morgan fingerprint density at radius 1 is 1.36 bits per heavy atom. The van der Waals surface area contributed by atoms with E-state index < -0.39 is 16.0 Å². The second-order valence-electron chi connectivity index (χ2n) is 3.06. The highest BCUT2D eigenvalue weighted by Gasteiger charge is 2.06. The van der Waals surface area contributed by atoms with Crippen molar-refractivity contribution in [1.29, 1.82) is 0 Å². The molecule has 0 aliphatic heterocycles. The van der Waals surface area contributed by atoms with Crippen LogP contribution in [0.3, 0.4) is 0 Å². The number of hydrogen-bond acceptors (Lipinski definition) is 3. The zero-order valence-electron chi connectivity index (χ0n) is 8.32. The molecule has 0 saturated heterocycles. The summed E-state index contributed by atoms with van der Waals surface area (Å²) >= 11 is 0. The average Bonchev–Trinajstić information content (AvgIpc) is 2.02. The lowest BCUT2D eigenvalue weighted by molar-refractivity contribution is -0.137. The Bertz CT molecular complexity index is 261. The van der Waals surface area contributed by atoms with Gasteiger partial charge in [-0.3, -0.25) is 4.79 Å².